The molecule has 0 radical (unpaired) electrons. The van der Waals surface area contributed by atoms with Crippen molar-refractivity contribution in [2.45, 2.75) is 78.1 Å². The van der Waals surface area contributed by atoms with E-state index in [1.54, 1.807) is 32.4 Å². The normalized spacial score (nSPS) is 19.0. The van der Waals surface area contributed by atoms with Gasteiger partial charge in [-0.1, -0.05) is 55.8 Å². The summed E-state index contributed by atoms with van der Waals surface area (Å²) in [5.41, 5.74) is 5.75. The highest BCUT2D eigenvalue weighted by Gasteiger charge is 2.27. The minimum Gasteiger partial charge on any atom is -0.497 e. The fourth-order valence-electron chi connectivity index (χ4n) is 6.68. The van der Waals surface area contributed by atoms with Gasteiger partial charge in [0.1, 0.15) is 11.5 Å². The van der Waals surface area contributed by atoms with E-state index in [1.165, 1.54) is 29.5 Å². The van der Waals surface area contributed by atoms with Gasteiger partial charge in [0.2, 0.25) is 0 Å². The average Bonchev–Trinajstić information content (AvgIpc) is 3.01. The van der Waals surface area contributed by atoms with Crippen LogP contribution in [0.15, 0.2) is 65.8 Å². The lowest BCUT2D eigenvalue weighted by Gasteiger charge is -2.33. The predicted octanol–water partition coefficient (Wildman–Crippen LogP) is 7.94. The molecule has 5 heteroatoms. The van der Waals surface area contributed by atoms with Crippen molar-refractivity contribution in [3.05, 3.63) is 82.5 Å². The molecule has 1 aliphatic carbocycles. The van der Waals surface area contributed by atoms with Crippen molar-refractivity contribution in [1.82, 2.24) is 4.90 Å². The van der Waals surface area contributed by atoms with Crippen LogP contribution in [0.25, 0.3) is 0 Å². The van der Waals surface area contributed by atoms with E-state index in [-0.39, 0.29) is 11.8 Å². The number of nitrogens with zero attached hydrogens (tertiary/aromatic N) is 1. The van der Waals surface area contributed by atoms with E-state index in [2.05, 4.69) is 57.2 Å². The number of Topliss-reactive ketones (excluding diaryl/α,β-unsaturated/α-hetero) is 1. The highest BCUT2D eigenvalue weighted by Crippen LogP contribution is 2.36. The zero-order valence-corrected chi connectivity index (χ0v) is 25.6. The fourth-order valence-corrected chi connectivity index (χ4v) is 6.68. The van der Waals surface area contributed by atoms with Gasteiger partial charge in [-0.25, -0.2) is 0 Å². The fraction of sp³-hybridized carbons (Fsp3) is 0.500. The van der Waals surface area contributed by atoms with Crippen LogP contribution in [-0.2, 0) is 11.2 Å². The summed E-state index contributed by atoms with van der Waals surface area (Å²) in [5.74, 6) is 2.48. The van der Waals surface area contributed by atoms with Crippen molar-refractivity contribution in [3.63, 3.8) is 0 Å². The standard InChI is InChI=1S/C36H47NO4/c1-6-10-31(34(38)18-15-29-13-9-12-28-11-7-8-14-32(28)29)26(3)23-25(2)27-19-21-37(22-20-27)36(39)33-17-16-30(40-4)24-35(33)41-5/h7-8,10-11,14,16-17,23-24,26-27,29H,6,9,12-13,15,18-22H2,1-5H3/b25-23-,31-10+. The Morgan fingerprint density at radius 2 is 1.80 bits per heavy atom. The lowest BCUT2D eigenvalue weighted by Crippen LogP contribution is -2.38. The Hall–Kier alpha value is -3.34. The first-order valence-corrected chi connectivity index (χ1v) is 15.4. The summed E-state index contributed by atoms with van der Waals surface area (Å²) in [6.45, 7) is 7.87. The summed E-state index contributed by atoms with van der Waals surface area (Å²) < 4.78 is 10.7. The Bertz CT molecular complexity index is 1270. The van der Waals surface area contributed by atoms with Crippen LogP contribution >= 0.6 is 0 Å². The van der Waals surface area contributed by atoms with Gasteiger partial charge >= 0.3 is 0 Å². The number of piperidine rings is 1. The summed E-state index contributed by atoms with van der Waals surface area (Å²) in [6, 6.07) is 14.1. The largest absolute Gasteiger partial charge is 0.497 e. The molecule has 41 heavy (non-hydrogen) atoms. The van der Waals surface area contributed by atoms with E-state index in [4.69, 9.17) is 9.47 Å². The zero-order valence-electron chi connectivity index (χ0n) is 25.6. The molecule has 2 atom stereocenters. The molecule has 0 bridgehead atoms. The number of carbonyl (C=O) groups is 2. The maximum absolute atomic E-state index is 13.5. The van der Waals surface area contributed by atoms with Crippen LogP contribution in [-0.4, -0.2) is 43.9 Å². The second-order valence-electron chi connectivity index (χ2n) is 11.6. The van der Waals surface area contributed by atoms with Crippen molar-refractivity contribution in [1.29, 1.82) is 0 Å². The van der Waals surface area contributed by atoms with Crippen LogP contribution in [0.5, 0.6) is 11.5 Å². The average molecular weight is 558 g/mol. The molecule has 1 saturated heterocycles. The number of rotatable bonds is 11. The molecule has 220 valence electrons. The second kappa shape index (κ2) is 14.5. The minimum atomic E-state index is -0.00250. The number of amides is 1. The predicted molar refractivity (Wildman–Crippen MR) is 166 cm³/mol. The van der Waals surface area contributed by atoms with Crippen LogP contribution in [0, 0.1) is 11.8 Å². The van der Waals surface area contributed by atoms with Gasteiger partial charge in [-0.05, 0) is 92.5 Å². The van der Waals surface area contributed by atoms with E-state index in [0.717, 1.165) is 37.7 Å². The molecule has 0 saturated carbocycles. The first-order chi connectivity index (χ1) is 19.9. The van der Waals surface area contributed by atoms with E-state index in [0.29, 0.717) is 54.2 Å². The van der Waals surface area contributed by atoms with Gasteiger partial charge in [0.05, 0.1) is 19.8 Å². The summed E-state index contributed by atoms with van der Waals surface area (Å²) in [4.78, 5) is 28.7. The van der Waals surface area contributed by atoms with Crippen LogP contribution in [0.3, 0.4) is 0 Å². The number of aryl methyl sites for hydroxylation is 1. The Kier molecular flexibility index (Phi) is 10.8. The number of benzene rings is 2. The van der Waals surface area contributed by atoms with Gasteiger partial charge < -0.3 is 14.4 Å². The topological polar surface area (TPSA) is 55.8 Å². The molecule has 0 N–H and O–H groups in total. The van der Waals surface area contributed by atoms with Crippen LogP contribution < -0.4 is 9.47 Å². The Labute approximate surface area is 246 Å². The van der Waals surface area contributed by atoms with Gasteiger partial charge in [0, 0.05) is 31.5 Å². The SMILES string of the molecule is CC/C=C(/C(=O)CCC1CCCc2ccccc21)C(C)/C=C(/C)C1CCN(C(=O)c2ccc(OC)cc2OC)CC1. The zero-order chi connectivity index (χ0) is 29.4. The Morgan fingerprint density at radius 1 is 1.05 bits per heavy atom. The molecule has 2 aromatic rings. The Balaban J connectivity index is 1.34. The number of hydrogen-bond acceptors (Lipinski definition) is 4. The van der Waals surface area contributed by atoms with Crippen LogP contribution in [0.4, 0.5) is 0 Å². The number of methoxy groups -OCH3 is 2. The summed E-state index contributed by atoms with van der Waals surface area (Å²) in [6.07, 6.45) is 12.2. The van der Waals surface area contributed by atoms with Crippen molar-refractivity contribution in [2.24, 2.45) is 11.8 Å². The van der Waals surface area contributed by atoms with Crippen molar-refractivity contribution in [2.75, 3.05) is 27.3 Å². The second-order valence-corrected chi connectivity index (χ2v) is 11.6. The van der Waals surface area contributed by atoms with Gasteiger partial charge in [-0.3, -0.25) is 9.59 Å². The number of ether oxygens (including phenoxy) is 2. The molecule has 0 spiro atoms. The maximum atomic E-state index is 13.5. The maximum Gasteiger partial charge on any atom is 0.257 e. The van der Waals surface area contributed by atoms with E-state index in [9.17, 15) is 9.59 Å². The molecule has 1 fully saturated rings. The van der Waals surface area contributed by atoms with Crippen LogP contribution in [0.2, 0.25) is 0 Å². The molecule has 0 aromatic heterocycles. The number of hydrogen-bond donors (Lipinski definition) is 0. The minimum absolute atomic E-state index is 0.00250. The number of allylic oxidation sites excluding steroid dienone is 4. The smallest absolute Gasteiger partial charge is 0.257 e. The van der Waals surface area contributed by atoms with Crippen molar-refractivity contribution in [3.8, 4) is 11.5 Å². The van der Waals surface area contributed by atoms with E-state index in [1.807, 2.05) is 4.90 Å². The molecule has 2 aromatic carbocycles. The molecule has 1 aliphatic heterocycles. The quantitative estimate of drug-likeness (QED) is 0.208. The molecule has 2 aliphatic rings. The summed E-state index contributed by atoms with van der Waals surface area (Å²) >= 11 is 0. The van der Waals surface area contributed by atoms with E-state index >= 15 is 0 Å². The van der Waals surface area contributed by atoms with Gasteiger partial charge in [-0.15, -0.1) is 0 Å². The lowest BCUT2D eigenvalue weighted by molar-refractivity contribution is -0.116. The number of fused-ring (bicyclic) bond motifs is 1. The van der Waals surface area contributed by atoms with Crippen molar-refractivity contribution < 1.29 is 19.1 Å². The molecule has 4 rings (SSSR count). The molecular weight excluding hydrogens is 510 g/mol. The van der Waals surface area contributed by atoms with Gasteiger partial charge in [-0.2, -0.15) is 0 Å². The third-order valence-electron chi connectivity index (χ3n) is 9.03. The van der Waals surface area contributed by atoms with Crippen LogP contribution in [0.1, 0.15) is 93.1 Å². The number of likely N-dealkylation sites (tertiary alicyclic amines) is 1. The third kappa shape index (κ3) is 7.49. The molecule has 1 heterocycles. The monoisotopic (exact) mass is 557 g/mol. The number of ketones is 1. The molecule has 5 nitrogen and oxygen atoms in total. The summed E-state index contributed by atoms with van der Waals surface area (Å²) in [7, 11) is 3.18. The molecular formula is C36H47NO4. The third-order valence-corrected chi connectivity index (χ3v) is 9.03. The lowest BCUT2D eigenvalue weighted by atomic mass is 9.79. The highest BCUT2D eigenvalue weighted by molar-refractivity contribution is 5.97. The Morgan fingerprint density at radius 3 is 2.51 bits per heavy atom. The highest BCUT2D eigenvalue weighted by atomic mass is 16.5. The van der Waals surface area contributed by atoms with Gasteiger partial charge in [0.15, 0.2) is 5.78 Å². The molecule has 1 amide bonds. The number of carbonyl (C=O) groups excluding carboxylic acids is 2. The van der Waals surface area contributed by atoms with Crippen molar-refractivity contribution >= 4 is 11.7 Å². The van der Waals surface area contributed by atoms with Gasteiger partial charge in [0.25, 0.3) is 5.91 Å². The first-order valence-electron chi connectivity index (χ1n) is 15.4. The van der Waals surface area contributed by atoms with E-state index < -0.39 is 0 Å². The first kappa shape index (κ1) is 30.6. The molecule has 2 unspecified atom stereocenters. The summed E-state index contributed by atoms with van der Waals surface area (Å²) in [5, 5.41) is 0.